The van der Waals surface area contributed by atoms with Gasteiger partial charge in [0.2, 0.25) is 0 Å². The first-order chi connectivity index (χ1) is 13.8. The Balaban J connectivity index is 1.50. The summed E-state index contributed by atoms with van der Waals surface area (Å²) in [5.74, 6) is -0.190. The lowest BCUT2D eigenvalue weighted by Crippen LogP contribution is -2.42. The van der Waals surface area contributed by atoms with Crippen molar-refractivity contribution < 1.29 is 32.2 Å². The molecule has 1 unspecified atom stereocenters. The maximum Gasteiger partial charge on any atom is 0.416 e. The van der Waals surface area contributed by atoms with Crippen LogP contribution in [0.4, 0.5) is 13.2 Å². The molecule has 2 aliphatic rings. The first-order valence-electron chi connectivity index (χ1n) is 9.22. The van der Waals surface area contributed by atoms with Gasteiger partial charge in [0.05, 0.1) is 5.56 Å². The Morgan fingerprint density at radius 3 is 2.76 bits per heavy atom. The monoisotopic (exact) mass is 425 g/mol. The van der Waals surface area contributed by atoms with Gasteiger partial charge in [-0.1, -0.05) is 12.1 Å². The van der Waals surface area contributed by atoms with E-state index in [1.807, 2.05) is 0 Å². The standard InChI is InChI=1S/C20H18F3NO4S/c21-20(22,23)14-5-1-3-12(9-14)16(25)13-4-2-6-24(10-13)19(26)18-17-15(11-29-18)27-7-8-28-17/h1,3,5,9,11,13H,2,4,6-8,10H2. The van der Waals surface area contributed by atoms with Gasteiger partial charge in [-0.2, -0.15) is 13.2 Å². The molecule has 3 heterocycles. The highest BCUT2D eigenvalue weighted by molar-refractivity contribution is 7.12. The number of ether oxygens (including phenoxy) is 2. The van der Waals surface area contributed by atoms with Crippen molar-refractivity contribution in [3.05, 3.63) is 45.6 Å². The number of fused-ring (bicyclic) bond motifs is 1. The number of carbonyl (C=O) groups excluding carboxylic acids is 2. The minimum atomic E-state index is -4.51. The molecule has 1 amide bonds. The molecule has 0 saturated carbocycles. The molecule has 2 aliphatic heterocycles. The normalized spacial score (nSPS) is 19.1. The van der Waals surface area contributed by atoms with E-state index in [-0.39, 0.29) is 23.8 Å². The zero-order valence-electron chi connectivity index (χ0n) is 15.3. The predicted octanol–water partition coefficient (Wildman–Crippen LogP) is 4.27. The molecular weight excluding hydrogens is 407 g/mol. The van der Waals surface area contributed by atoms with E-state index in [1.165, 1.54) is 23.5 Å². The highest BCUT2D eigenvalue weighted by Crippen LogP contribution is 2.40. The number of rotatable bonds is 3. The molecule has 1 atom stereocenters. The van der Waals surface area contributed by atoms with Gasteiger partial charge in [-0.05, 0) is 25.0 Å². The number of amides is 1. The first-order valence-corrected chi connectivity index (χ1v) is 10.1. The summed E-state index contributed by atoms with van der Waals surface area (Å²) < 4.78 is 49.9. The summed E-state index contributed by atoms with van der Waals surface area (Å²) in [5, 5.41) is 1.72. The Hall–Kier alpha value is -2.55. The molecule has 0 aliphatic carbocycles. The van der Waals surface area contributed by atoms with Crippen LogP contribution in [0.15, 0.2) is 29.6 Å². The molecule has 29 heavy (non-hydrogen) atoms. The van der Waals surface area contributed by atoms with Crippen molar-refractivity contribution in [2.45, 2.75) is 19.0 Å². The van der Waals surface area contributed by atoms with Crippen LogP contribution in [0.3, 0.4) is 0 Å². The fourth-order valence-corrected chi connectivity index (χ4v) is 4.51. The molecule has 4 rings (SSSR count). The number of alkyl halides is 3. The van der Waals surface area contributed by atoms with Crippen LogP contribution in [0.1, 0.15) is 38.4 Å². The molecule has 1 saturated heterocycles. The van der Waals surface area contributed by atoms with Crippen molar-refractivity contribution in [3.63, 3.8) is 0 Å². The van der Waals surface area contributed by atoms with E-state index in [0.717, 1.165) is 12.1 Å². The molecule has 2 aromatic rings. The first kappa shape index (κ1) is 19.8. The van der Waals surface area contributed by atoms with E-state index >= 15 is 0 Å². The second-order valence-corrected chi connectivity index (χ2v) is 7.87. The smallest absolute Gasteiger partial charge is 0.416 e. The summed E-state index contributed by atoms with van der Waals surface area (Å²) in [5.41, 5.74) is -0.834. The van der Waals surface area contributed by atoms with Gasteiger partial charge in [0.1, 0.15) is 18.1 Å². The molecule has 1 aromatic heterocycles. The molecule has 154 valence electrons. The quantitative estimate of drug-likeness (QED) is 0.689. The molecule has 0 N–H and O–H groups in total. The van der Waals surface area contributed by atoms with E-state index in [4.69, 9.17) is 9.47 Å². The predicted molar refractivity (Wildman–Crippen MR) is 99.7 cm³/mol. The topological polar surface area (TPSA) is 55.8 Å². The number of hydrogen-bond acceptors (Lipinski definition) is 5. The second-order valence-electron chi connectivity index (χ2n) is 6.99. The largest absolute Gasteiger partial charge is 0.485 e. The minimum Gasteiger partial charge on any atom is -0.485 e. The van der Waals surface area contributed by atoms with Crippen LogP contribution in [-0.2, 0) is 6.18 Å². The zero-order valence-corrected chi connectivity index (χ0v) is 16.1. The number of hydrogen-bond donors (Lipinski definition) is 0. The van der Waals surface area contributed by atoms with E-state index in [2.05, 4.69) is 0 Å². The van der Waals surface area contributed by atoms with Gasteiger partial charge < -0.3 is 14.4 Å². The van der Waals surface area contributed by atoms with E-state index in [9.17, 15) is 22.8 Å². The van der Waals surface area contributed by atoms with Crippen molar-refractivity contribution in [2.24, 2.45) is 5.92 Å². The van der Waals surface area contributed by atoms with Gasteiger partial charge in [0, 0.05) is 30.0 Å². The van der Waals surface area contributed by atoms with E-state index in [0.29, 0.717) is 49.0 Å². The summed E-state index contributed by atoms with van der Waals surface area (Å²) in [4.78, 5) is 27.8. The van der Waals surface area contributed by atoms with E-state index in [1.54, 1.807) is 10.3 Å². The number of piperidine rings is 1. The number of carbonyl (C=O) groups is 2. The summed E-state index contributed by atoms with van der Waals surface area (Å²) in [6, 6.07) is 4.44. The summed E-state index contributed by atoms with van der Waals surface area (Å²) in [6.07, 6.45) is -3.38. The SMILES string of the molecule is O=C(c1cccc(C(F)(F)F)c1)C1CCCN(C(=O)c2scc3c2OCCO3)C1. The summed E-state index contributed by atoms with van der Waals surface area (Å²) >= 11 is 1.23. The third-order valence-corrected chi connectivity index (χ3v) is 5.98. The fraction of sp³-hybridized carbons (Fsp3) is 0.400. The van der Waals surface area contributed by atoms with Gasteiger partial charge in [-0.25, -0.2) is 0 Å². The third-order valence-electron chi connectivity index (χ3n) is 5.05. The fourth-order valence-electron chi connectivity index (χ4n) is 3.61. The van der Waals surface area contributed by atoms with Gasteiger partial charge >= 0.3 is 6.18 Å². The van der Waals surface area contributed by atoms with Crippen LogP contribution < -0.4 is 9.47 Å². The number of ketones is 1. The lowest BCUT2D eigenvalue weighted by Gasteiger charge is -2.32. The van der Waals surface area contributed by atoms with Crippen molar-refractivity contribution in [3.8, 4) is 11.5 Å². The highest BCUT2D eigenvalue weighted by atomic mass is 32.1. The zero-order chi connectivity index (χ0) is 20.6. The molecule has 1 fully saturated rings. The Morgan fingerprint density at radius 1 is 1.17 bits per heavy atom. The van der Waals surface area contributed by atoms with Crippen LogP contribution in [0.2, 0.25) is 0 Å². The molecule has 5 nitrogen and oxygen atoms in total. The minimum absolute atomic E-state index is 0.0179. The van der Waals surface area contributed by atoms with Crippen molar-refractivity contribution >= 4 is 23.0 Å². The van der Waals surface area contributed by atoms with Gasteiger partial charge in [0.15, 0.2) is 17.3 Å². The number of nitrogens with zero attached hydrogens (tertiary/aromatic N) is 1. The van der Waals surface area contributed by atoms with Crippen LogP contribution >= 0.6 is 11.3 Å². The maximum absolute atomic E-state index is 13.0. The van der Waals surface area contributed by atoms with Gasteiger partial charge in [-0.15, -0.1) is 11.3 Å². The van der Waals surface area contributed by atoms with Crippen LogP contribution in [0.5, 0.6) is 11.5 Å². The number of likely N-dealkylation sites (tertiary alicyclic amines) is 1. The molecule has 0 radical (unpaired) electrons. The lowest BCUT2D eigenvalue weighted by molar-refractivity contribution is -0.137. The van der Waals surface area contributed by atoms with Gasteiger partial charge in [0.25, 0.3) is 5.91 Å². The average molecular weight is 425 g/mol. The molecular formula is C20H18F3NO4S. The third kappa shape index (κ3) is 3.96. The highest BCUT2D eigenvalue weighted by Gasteiger charge is 2.34. The van der Waals surface area contributed by atoms with Crippen molar-refractivity contribution in [1.29, 1.82) is 0 Å². The number of benzene rings is 1. The van der Waals surface area contributed by atoms with Crippen LogP contribution in [-0.4, -0.2) is 42.9 Å². The second kappa shape index (κ2) is 7.70. The molecule has 1 aromatic carbocycles. The Kier molecular flexibility index (Phi) is 5.24. The Morgan fingerprint density at radius 2 is 1.97 bits per heavy atom. The average Bonchev–Trinajstić information content (AvgIpc) is 3.16. The van der Waals surface area contributed by atoms with Crippen molar-refractivity contribution in [2.75, 3.05) is 26.3 Å². The lowest BCUT2D eigenvalue weighted by atomic mass is 9.89. The van der Waals surface area contributed by atoms with Crippen molar-refractivity contribution in [1.82, 2.24) is 4.90 Å². The number of Topliss-reactive ketones (excluding diaryl/α,β-unsaturated/α-hetero) is 1. The summed E-state index contributed by atoms with van der Waals surface area (Å²) in [6.45, 7) is 1.44. The Bertz CT molecular complexity index is 940. The molecule has 0 spiro atoms. The Labute approximate surface area is 169 Å². The summed E-state index contributed by atoms with van der Waals surface area (Å²) in [7, 11) is 0. The maximum atomic E-state index is 13.0. The number of thiophene rings is 1. The van der Waals surface area contributed by atoms with Crippen LogP contribution in [0, 0.1) is 5.92 Å². The number of halogens is 3. The van der Waals surface area contributed by atoms with Crippen LogP contribution in [0.25, 0.3) is 0 Å². The van der Waals surface area contributed by atoms with Gasteiger partial charge in [-0.3, -0.25) is 9.59 Å². The molecule has 9 heteroatoms. The van der Waals surface area contributed by atoms with E-state index < -0.39 is 17.7 Å². The molecule has 0 bridgehead atoms.